The van der Waals surface area contributed by atoms with Gasteiger partial charge in [-0.1, -0.05) is 49.4 Å². The van der Waals surface area contributed by atoms with Crippen molar-refractivity contribution < 1.29 is 14.3 Å². The Labute approximate surface area is 164 Å². The van der Waals surface area contributed by atoms with Gasteiger partial charge in [0.2, 0.25) is 5.91 Å². The first-order chi connectivity index (χ1) is 13.1. The zero-order valence-corrected chi connectivity index (χ0v) is 16.0. The molecular weight excluding hydrogens is 364 g/mol. The average molecular weight is 387 g/mol. The van der Waals surface area contributed by atoms with Crippen LogP contribution in [0.25, 0.3) is 0 Å². The SMILES string of the molecule is COC(=O)c1cccnc1NC(=O)C(CC1CCCC1)c1ccc(Cl)cc1. The van der Waals surface area contributed by atoms with E-state index in [1.165, 1.54) is 26.1 Å². The minimum absolute atomic E-state index is 0.173. The van der Waals surface area contributed by atoms with Gasteiger partial charge in [0.1, 0.15) is 11.4 Å². The molecule has 0 spiro atoms. The molecule has 6 heteroatoms. The van der Waals surface area contributed by atoms with Crippen molar-refractivity contribution in [3.8, 4) is 0 Å². The van der Waals surface area contributed by atoms with Crippen molar-refractivity contribution in [3.05, 3.63) is 58.7 Å². The fourth-order valence-electron chi connectivity index (χ4n) is 3.65. The zero-order chi connectivity index (χ0) is 19.2. The summed E-state index contributed by atoms with van der Waals surface area (Å²) in [6.45, 7) is 0. The average Bonchev–Trinajstić information content (AvgIpc) is 3.20. The third kappa shape index (κ3) is 4.86. The molecule has 1 aliphatic carbocycles. The molecule has 1 amide bonds. The number of esters is 1. The number of nitrogens with one attached hydrogen (secondary N) is 1. The molecule has 3 rings (SSSR count). The van der Waals surface area contributed by atoms with Gasteiger partial charge < -0.3 is 10.1 Å². The van der Waals surface area contributed by atoms with Crippen LogP contribution in [0.5, 0.6) is 0 Å². The second-order valence-corrected chi connectivity index (χ2v) is 7.31. The van der Waals surface area contributed by atoms with Crippen molar-refractivity contribution in [2.45, 2.75) is 38.0 Å². The van der Waals surface area contributed by atoms with Gasteiger partial charge in [0.15, 0.2) is 0 Å². The van der Waals surface area contributed by atoms with E-state index in [4.69, 9.17) is 16.3 Å². The maximum absolute atomic E-state index is 13.1. The Kier molecular flexibility index (Phi) is 6.45. The van der Waals surface area contributed by atoms with E-state index >= 15 is 0 Å². The van der Waals surface area contributed by atoms with E-state index in [0.29, 0.717) is 10.9 Å². The van der Waals surface area contributed by atoms with Crippen LogP contribution in [0.4, 0.5) is 5.82 Å². The summed E-state index contributed by atoms with van der Waals surface area (Å²) in [6.07, 6.45) is 7.03. The molecule has 1 saturated carbocycles. The smallest absolute Gasteiger partial charge is 0.341 e. The summed E-state index contributed by atoms with van der Waals surface area (Å²) in [5, 5.41) is 3.46. The summed E-state index contributed by atoms with van der Waals surface area (Å²) in [4.78, 5) is 29.2. The van der Waals surface area contributed by atoms with Crippen LogP contribution < -0.4 is 5.32 Å². The Hall–Kier alpha value is -2.40. The lowest BCUT2D eigenvalue weighted by atomic mass is 9.87. The maximum Gasteiger partial charge on any atom is 0.341 e. The normalized spacial score (nSPS) is 15.3. The van der Waals surface area contributed by atoms with E-state index in [-0.39, 0.29) is 23.2 Å². The van der Waals surface area contributed by atoms with E-state index in [1.54, 1.807) is 24.3 Å². The lowest BCUT2D eigenvalue weighted by molar-refractivity contribution is -0.118. The van der Waals surface area contributed by atoms with Crippen LogP contribution in [-0.2, 0) is 9.53 Å². The van der Waals surface area contributed by atoms with Gasteiger partial charge in [0.25, 0.3) is 0 Å². The third-order valence-electron chi connectivity index (χ3n) is 5.09. The number of rotatable bonds is 6. The summed E-state index contributed by atoms with van der Waals surface area (Å²) < 4.78 is 4.78. The molecule has 0 aliphatic heterocycles. The number of anilines is 1. The molecule has 5 nitrogen and oxygen atoms in total. The van der Waals surface area contributed by atoms with Crippen molar-refractivity contribution in [3.63, 3.8) is 0 Å². The number of nitrogens with zero attached hydrogens (tertiary/aromatic N) is 1. The Morgan fingerprint density at radius 2 is 1.93 bits per heavy atom. The number of pyridine rings is 1. The predicted molar refractivity (Wildman–Crippen MR) is 105 cm³/mol. The molecule has 1 aliphatic rings. The van der Waals surface area contributed by atoms with Crippen LogP contribution in [0.15, 0.2) is 42.6 Å². The van der Waals surface area contributed by atoms with Gasteiger partial charge in [-0.2, -0.15) is 0 Å². The number of carbonyl (C=O) groups excluding carboxylic acids is 2. The van der Waals surface area contributed by atoms with Gasteiger partial charge in [0, 0.05) is 11.2 Å². The van der Waals surface area contributed by atoms with Gasteiger partial charge in [-0.25, -0.2) is 9.78 Å². The second-order valence-electron chi connectivity index (χ2n) is 6.87. The lowest BCUT2D eigenvalue weighted by Crippen LogP contribution is -2.25. The first kappa shape index (κ1) is 19.4. The lowest BCUT2D eigenvalue weighted by Gasteiger charge is -2.21. The number of halogens is 1. The van der Waals surface area contributed by atoms with E-state index in [0.717, 1.165) is 24.8 Å². The Morgan fingerprint density at radius 3 is 2.59 bits per heavy atom. The molecule has 1 unspecified atom stereocenters. The van der Waals surface area contributed by atoms with Crippen molar-refractivity contribution in [1.29, 1.82) is 0 Å². The first-order valence-corrected chi connectivity index (χ1v) is 9.56. The number of carbonyl (C=O) groups is 2. The highest BCUT2D eigenvalue weighted by molar-refractivity contribution is 6.30. The zero-order valence-electron chi connectivity index (χ0n) is 15.3. The Morgan fingerprint density at radius 1 is 1.22 bits per heavy atom. The maximum atomic E-state index is 13.1. The topological polar surface area (TPSA) is 68.3 Å². The largest absolute Gasteiger partial charge is 0.465 e. The summed E-state index contributed by atoms with van der Waals surface area (Å²) in [7, 11) is 1.30. The molecule has 1 aromatic heterocycles. The molecule has 1 N–H and O–H groups in total. The summed E-state index contributed by atoms with van der Waals surface area (Å²) >= 11 is 6.01. The molecule has 1 atom stereocenters. The molecule has 142 valence electrons. The number of aromatic nitrogens is 1. The molecular formula is C21H23ClN2O3. The monoisotopic (exact) mass is 386 g/mol. The van der Waals surface area contributed by atoms with E-state index in [9.17, 15) is 9.59 Å². The molecule has 1 fully saturated rings. The third-order valence-corrected chi connectivity index (χ3v) is 5.34. The van der Waals surface area contributed by atoms with Gasteiger partial charge >= 0.3 is 5.97 Å². The van der Waals surface area contributed by atoms with E-state index < -0.39 is 5.97 Å². The minimum Gasteiger partial charge on any atom is -0.465 e. The number of methoxy groups -OCH3 is 1. The van der Waals surface area contributed by atoms with Crippen LogP contribution in [0.1, 0.15) is 53.9 Å². The Balaban J connectivity index is 1.84. The number of hydrogen-bond donors (Lipinski definition) is 1. The predicted octanol–water partition coefficient (Wildman–Crippen LogP) is 4.82. The molecule has 0 radical (unpaired) electrons. The van der Waals surface area contributed by atoms with Crippen molar-refractivity contribution in [1.82, 2.24) is 4.98 Å². The molecule has 2 aromatic rings. The summed E-state index contributed by atoms with van der Waals surface area (Å²) in [6, 6.07) is 10.6. The molecule has 27 heavy (non-hydrogen) atoms. The van der Waals surface area contributed by atoms with E-state index in [2.05, 4.69) is 10.3 Å². The molecule has 0 saturated heterocycles. The highest BCUT2D eigenvalue weighted by Gasteiger charge is 2.28. The first-order valence-electron chi connectivity index (χ1n) is 9.18. The molecule has 1 aromatic carbocycles. The van der Waals surface area contributed by atoms with Crippen molar-refractivity contribution in [2.24, 2.45) is 5.92 Å². The highest BCUT2D eigenvalue weighted by atomic mass is 35.5. The Bertz CT molecular complexity index is 801. The molecule has 0 bridgehead atoms. The summed E-state index contributed by atoms with van der Waals surface area (Å²) in [5.74, 6) is -0.275. The van der Waals surface area contributed by atoms with Crippen molar-refractivity contribution in [2.75, 3.05) is 12.4 Å². The van der Waals surface area contributed by atoms with Crippen LogP contribution in [0.3, 0.4) is 0 Å². The number of benzene rings is 1. The van der Waals surface area contributed by atoms with Gasteiger partial charge in [-0.05, 0) is 42.2 Å². The van der Waals surface area contributed by atoms with Gasteiger partial charge in [0.05, 0.1) is 13.0 Å². The fourth-order valence-corrected chi connectivity index (χ4v) is 3.78. The number of amides is 1. The van der Waals surface area contributed by atoms with Crippen LogP contribution in [0.2, 0.25) is 5.02 Å². The number of hydrogen-bond acceptors (Lipinski definition) is 4. The van der Waals surface area contributed by atoms with Gasteiger partial charge in [-0.15, -0.1) is 0 Å². The van der Waals surface area contributed by atoms with E-state index in [1.807, 2.05) is 12.1 Å². The quantitative estimate of drug-likeness (QED) is 0.722. The summed E-state index contributed by atoms with van der Waals surface area (Å²) in [5.41, 5.74) is 1.16. The minimum atomic E-state index is -0.530. The standard InChI is InChI=1S/C21H23ClN2O3/c1-27-21(26)17-7-4-12-23-19(17)24-20(25)18(13-14-5-2-3-6-14)15-8-10-16(22)11-9-15/h4,7-12,14,18H,2-3,5-6,13H2,1H3,(H,23,24,25). The molecule has 1 heterocycles. The van der Waals surface area contributed by atoms with Crippen molar-refractivity contribution >= 4 is 29.3 Å². The van der Waals surface area contributed by atoms with Crippen LogP contribution in [0, 0.1) is 5.92 Å². The highest BCUT2D eigenvalue weighted by Crippen LogP contribution is 2.35. The van der Waals surface area contributed by atoms with Gasteiger partial charge in [-0.3, -0.25) is 4.79 Å². The van der Waals surface area contributed by atoms with Crippen LogP contribution in [-0.4, -0.2) is 24.0 Å². The number of ether oxygens (including phenoxy) is 1. The fraction of sp³-hybridized carbons (Fsp3) is 0.381. The second kappa shape index (κ2) is 9.00. The van der Waals surface area contributed by atoms with Crippen LogP contribution >= 0.6 is 11.6 Å².